The zero-order valence-corrected chi connectivity index (χ0v) is 18.1. The first kappa shape index (κ1) is 20.5. The quantitative estimate of drug-likeness (QED) is 0.221. The van der Waals surface area contributed by atoms with E-state index in [0.717, 1.165) is 27.9 Å². The molecule has 0 saturated heterocycles. The molecular weight excluding hydrogens is 420 g/mol. The topological polar surface area (TPSA) is 83.0 Å². The second-order valence-electron chi connectivity index (χ2n) is 7.82. The molecule has 164 valence electrons. The van der Waals surface area contributed by atoms with Gasteiger partial charge in [0.05, 0.1) is 11.3 Å². The summed E-state index contributed by atoms with van der Waals surface area (Å²) in [6.45, 7) is 4.11. The third-order valence-corrected chi connectivity index (χ3v) is 5.24. The number of imidazole rings is 1. The van der Waals surface area contributed by atoms with E-state index in [1.54, 1.807) is 36.4 Å². The summed E-state index contributed by atoms with van der Waals surface area (Å²) < 4.78 is 18.5. The van der Waals surface area contributed by atoms with Crippen LogP contribution < -0.4 is 15.1 Å². The number of esters is 1. The van der Waals surface area contributed by atoms with Gasteiger partial charge in [-0.25, -0.2) is 14.6 Å². The number of carbonyl (C=O) groups excluding carboxylic acids is 1. The zero-order valence-electron chi connectivity index (χ0n) is 18.1. The van der Waals surface area contributed by atoms with Crippen molar-refractivity contribution < 1.29 is 18.7 Å². The van der Waals surface area contributed by atoms with E-state index in [1.807, 2.05) is 42.8 Å². The van der Waals surface area contributed by atoms with Crippen LogP contribution in [0.3, 0.4) is 0 Å². The van der Waals surface area contributed by atoms with Crippen molar-refractivity contribution in [3.63, 3.8) is 0 Å². The number of benzene rings is 2. The van der Waals surface area contributed by atoms with E-state index in [9.17, 15) is 9.59 Å². The van der Waals surface area contributed by atoms with E-state index in [-0.39, 0.29) is 12.4 Å². The summed E-state index contributed by atoms with van der Waals surface area (Å²) in [4.78, 5) is 28.8. The molecule has 33 heavy (non-hydrogen) atoms. The maximum atomic E-state index is 12.7. The first-order valence-electron chi connectivity index (χ1n) is 10.4. The molecule has 2 aromatic carbocycles. The SMILES string of the molecule is Cc1ccc2nc(COc3cccc(C(=O)Oc4ccc5c(C)cc(=O)oc5c4)c3)cn2c1. The van der Waals surface area contributed by atoms with Crippen LogP contribution in [-0.4, -0.2) is 15.4 Å². The van der Waals surface area contributed by atoms with E-state index >= 15 is 0 Å². The van der Waals surface area contributed by atoms with Gasteiger partial charge in [-0.15, -0.1) is 0 Å². The highest BCUT2D eigenvalue weighted by atomic mass is 16.5. The minimum absolute atomic E-state index is 0.266. The maximum Gasteiger partial charge on any atom is 0.343 e. The van der Waals surface area contributed by atoms with Gasteiger partial charge in [0.25, 0.3) is 0 Å². The van der Waals surface area contributed by atoms with Crippen LogP contribution in [0.25, 0.3) is 16.6 Å². The fourth-order valence-corrected chi connectivity index (χ4v) is 3.63. The van der Waals surface area contributed by atoms with Gasteiger partial charge in [0.15, 0.2) is 0 Å². The average molecular weight is 440 g/mol. The zero-order chi connectivity index (χ0) is 22.9. The fourth-order valence-electron chi connectivity index (χ4n) is 3.63. The van der Waals surface area contributed by atoms with Crippen molar-refractivity contribution in [1.82, 2.24) is 9.38 Å². The molecule has 0 N–H and O–H groups in total. The average Bonchev–Trinajstić information content (AvgIpc) is 3.19. The van der Waals surface area contributed by atoms with Gasteiger partial charge in [0, 0.05) is 29.9 Å². The highest BCUT2D eigenvalue weighted by molar-refractivity contribution is 5.92. The Morgan fingerprint density at radius 3 is 2.76 bits per heavy atom. The smallest absolute Gasteiger partial charge is 0.343 e. The minimum atomic E-state index is -0.544. The maximum absolute atomic E-state index is 12.7. The van der Waals surface area contributed by atoms with Gasteiger partial charge in [-0.2, -0.15) is 0 Å². The summed E-state index contributed by atoms with van der Waals surface area (Å²) >= 11 is 0. The molecule has 0 atom stereocenters. The molecule has 0 amide bonds. The predicted molar refractivity (Wildman–Crippen MR) is 123 cm³/mol. The van der Waals surface area contributed by atoms with Crippen LogP contribution in [0.1, 0.15) is 27.2 Å². The Hall–Kier alpha value is -4.39. The van der Waals surface area contributed by atoms with Gasteiger partial charge >= 0.3 is 11.6 Å². The van der Waals surface area contributed by atoms with Crippen molar-refractivity contribution in [3.05, 3.63) is 106 Å². The van der Waals surface area contributed by atoms with E-state index in [2.05, 4.69) is 4.98 Å². The first-order valence-corrected chi connectivity index (χ1v) is 10.4. The number of rotatable bonds is 5. The standard InChI is InChI=1S/C26H20N2O5/c1-16-6-9-24-27-19(14-28(24)13-16)15-31-20-5-3-4-18(11-20)26(30)32-21-7-8-22-17(2)10-25(29)33-23(22)12-21/h3-14H,15H2,1-2H3. The highest BCUT2D eigenvalue weighted by Crippen LogP contribution is 2.24. The van der Waals surface area contributed by atoms with Crippen molar-refractivity contribution in [2.24, 2.45) is 0 Å². The Bertz CT molecular complexity index is 1560. The van der Waals surface area contributed by atoms with Gasteiger partial charge in [0.1, 0.15) is 29.3 Å². The number of ether oxygens (including phenoxy) is 2. The second-order valence-corrected chi connectivity index (χ2v) is 7.82. The first-order chi connectivity index (χ1) is 15.9. The lowest BCUT2D eigenvalue weighted by atomic mass is 10.1. The molecule has 7 nitrogen and oxygen atoms in total. The third kappa shape index (κ3) is 4.34. The van der Waals surface area contributed by atoms with Crippen molar-refractivity contribution in [1.29, 1.82) is 0 Å². The number of pyridine rings is 1. The van der Waals surface area contributed by atoms with Crippen LogP contribution in [0, 0.1) is 13.8 Å². The number of carbonyl (C=O) groups is 1. The summed E-state index contributed by atoms with van der Waals surface area (Å²) in [7, 11) is 0. The van der Waals surface area contributed by atoms with Crippen molar-refractivity contribution in [3.8, 4) is 11.5 Å². The normalized spacial score (nSPS) is 11.1. The van der Waals surface area contributed by atoms with E-state index in [1.165, 1.54) is 12.1 Å². The summed E-state index contributed by atoms with van der Waals surface area (Å²) in [5, 5.41) is 0.784. The molecule has 0 aliphatic rings. The molecule has 0 aliphatic carbocycles. The Labute approximate surface area is 188 Å². The third-order valence-electron chi connectivity index (χ3n) is 5.24. The molecule has 3 aromatic heterocycles. The largest absolute Gasteiger partial charge is 0.487 e. The van der Waals surface area contributed by atoms with E-state index in [4.69, 9.17) is 13.9 Å². The Morgan fingerprint density at radius 2 is 1.88 bits per heavy atom. The molecule has 0 spiro atoms. The van der Waals surface area contributed by atoms with Crippen molar-refractivity contribution in [2.45, 2.75) is 20.5 Å². The Morgan fingerprint density at radius 1 is 1.00 bits per heavy atom. The molecular formula is C26H20N2O5. The number of hydrogen-bond acceptors (Lipinski definition) is 6. The number of aryl methyl sites for hydroxylation is 2. The van der Waals surface area contributed by atoms with Crippen LogP contribution in [0.15, 0.2) is 82.3 Å². The van der Waals surface area contributed by atoms with Crippen LogP contribution >= 0.6 is 0 Å². The second kappa shape index (κ2) is 8.27. The molecule has 0 aliphatic heterocycles. The van der Waals surface area contributed by atoms with E-state index < -0.39 is 11.6 Å². The van der Waals surface area contributed by atoms with Gasteiger partial charge in [0.2, 0.25) is 0 Å². The molecule has 7 heteroatoms. The van der Waals surface area contributed by atoms with Crippen molar-refractivity contribution >= 4 is 22.6 Å². The number of aromatic nitrogens is 2. The number of nitrogens with zero attached hydrogens (tertiary/aromatic N) is 2. The Balaban J connectivity index is 1.30. The summed E-state index contributed by atoms with van der Waals surface area (Å²) in [6.07, 6.45) is 3.92. The summed E-state index contributed by atoms with van der Waals surface area (Å²) in [5.74, 6) is 0.267. The lowest BCUT2D eigenvalue weighted by molar-refractivity contribution is 0.0734. The highest BCUT2D eigenvalue weighted by Gasteiger charge is 2.12. The molecule has 0 unspecified atom stereocenters. The molecule has 0 saturated carbocycles. The Kier molecular flexibility index (Phi) is 5.14. The van der Waals surface area contributed by atoms with Crippen LogP contribution in [0.4, 0.5) is 0 Å². The van der Waals surface area contributed by atoms with Gasteiger partial charge in [-0.1, -0.05) is 12.1 Å². The predicted octanol–water partition coefficient (Wildman–Crippen LogP) is 4.86. The minimum Gasteiger partial charge on any atom is -0.487 e. The van der Waals surface area contributed by atoms with E-state index in [0.29, 0.717) is 16.9 Å². The van der Waals surface area contributed by atoms with Crippen molar-refractivity contribution in [2.75, 3.05) is 0 Å². The molecule has 5 aromatic rings. The van der Waals surface area contributed by atoms with Gasteiger partial charge in [-0.05, 0) is 61.4 Å². The molecule has 0 fully saturated rings. The summed E-state index contributed by atoms with van der Waals surface area (Å²) in [6, 6.07) is 17.1. The molecule has 0 radical (unpaired) electrons. The monoisotopic (exact) mass is 440 g/mol. The van der Waals surface area contributed by atoms with Crippen LogP contribution in [0.2, 0.25) is 0 Å². The van der Waals surface area contributed by atoms with Gasteiger partial charge < -0.3 is 18.3 Å². The number of fused-ring (bicyclic) bond motifs is 2. The van der Waals surface area contributed by atoms with Gasteiger partial charge in [-0.3, -0.25) is 0 Å². The van der Waals surface area contributed by atoms with Crippen LogP contribution in [0.5, 0.6) is 11.5 Å². The lowest BCUT2D eigenvalue weighted by Crippen LogP contribution is -2.09. The number of hydrogen-bond donors (Lipinski definition) is 0. The fraction of sp³-hybridized carbons (Fsp3) is 0.115. The molecule has 3 heterocycles. The van der Waals surface area contributed by atoms with Crippen LogP contribution in [-0.2, 0) is 6.61 Å². The lowest BCUT2D eigenvalue weighted by Gasteiger charge is -2.08. The molecule has 0 bridgehead atoms. The summed E-state index contributed by atoms with van der Waals surface area (Å²) in [5.41, 5.74) is 3.81. The molecule has 5 rings (SSSR count).